The maximum absolute atomic E-state index is 13.3. The van der Waals surface area contributed by atoms with E-state index < -0.39 is 17.5 Å². The third-order valence-electron chi connectivity index (χ3n) is 4.07. The monoisotopic (exact) mass is 368 g/mol. The summed E-state index contributed by atoms with van der Waals surface area (Å²) in [4.78, 5) is 27.6. The number of likely N-dealkylation sites (N-methyl/N-ethyl adjacent to an activating group) is 1. The molecule has 0 aliphatic carbocycles. The number of hydrogen-bond donors (Lipinski definition) is 1. The van der Waals surface area contributed by atoms with E-state index in [-0.39, 0.29) is 5.78 Å². The molecule has 0 spiro atoms. The molecule has 1 unspecified atom stereocenters. The molecule has 4 nitrogen and oxygen atoms in total. The van der Waals surface area contributed by atoms with Gasteiger partial charge >= 0.3 is 0 Å². The Hall–Kier alpha value is -2.61. The van der Waals surface area contributed by atoms with Crippen molar-refractivity contribution in [2.45, 2.75) is 25.4 Å². The summed E-state index contributed by atoms with van der Waals surface area (Å²) >= 11 is 5.88. The number of halogens is 1. The first-order valence-electron chi connectivity index (χ1n) is 8.15. The number of rotatable bonds is 6. The molecule has 0 bridgehead atoms. The van der Waals surface area contributed by atoms with E-state index in [1.807, 2.05) is 18.2 Å². The molecule has 1 amide bonds. The molecular weight excluding hydrogens is 348 g/mol. The van der Waals surface area contributed by atoms with Gasteiger partial charge in [0.1, 0.15) is 5.54 Å². The molecule has 0 aliphatic heterocycles. The second-order valence-corrected chi connectivity index (χ2v) is 6.74. The highest BCUT2D eigenvalue weighted by molar-refractivity contribution is 6.30. The van der Waals surface area contributed by atoms with Gasteiger partial charge in [0.05, 0.1) is 0 Å². The highest BCUT2D eigenvalue weighted by atomic mass is 35.5. The van der Waals surface area contributed by atoms with Gasteiger partial charge in [0.15, 0.2) is 11.8 Å². The summed E-state index contributed by atoms with van der Waals surface area (Å²) in [6, 6.07) is 14.4. The zero-order valence-electron chi connectivity index (χ0n) is 15.0. The number of amides is 1. The maximum Gasteiger partial charge on any atom is 0.253 e. The van der Waals surface area contributed by atoms with E-state index in [1.165, 1.54) is 4.90 Å². The number of Topliss-reactive ketones (excluding diaryl/α,β-unsaturated/α-hetero) is 1. The Morgan fingerprint density at radius 1 is 1.12 bits per heavy atom. The zero-order chi connectivity index (χ0) is 19.3. The molecule has 134 valence electrons. The summed E-state index contributed by atoms with van der Waals surface area (Å²) in [5.74, 6) is 1.87. The molecule has 1 N–H and O–H groups in total. The minimum absolute atomic E-state index is 0.345. The van der Waals surface area contributed by atoms with Crippen LogP contribution in [0.25, 0.3) is 0 Å². The number of terminal acetylenes is 1. The fraction of sp³-hybridized carbons (Fsp3) is 0.238. The second-order valence-electron chi connectivity index (χ2n) is 6.31. The van der Waals surface area contributed by atoms with Crippen molar-refractivity contribution in [1.82, 2.24) is 5.32 Å². The smallest absolute Gasteiger partial charge is 0.253 e. The van der Waals surface area contributed by atoms with Gasteiger partial charge in [-0.25, -0.2) is 0 Å². The summed E-state index contributed by atoms with van der Waals surface area (Å²) in [5.41, 5.74) is 0.117. The van der Waals surface area contributed by atoms with E-state index in [2.05, 4.69) is 11.2 Å². The number of nitrogens with one attached hydrogen (secondary N) is 1. The Kier molecular flexibility index (Phi) is 6.20. The van der Waals surface area contributed by atoms with Crippen LogP contribution in [0.1, 0.15) is 24.2 Å². The Bertz CT molecular complexity index is 823. The third-order valence-corrected chi connectivity index (χ3v) is 4.33. The van der Waals surface area contributed by atoms with Crippen LogP contribution in [0, 0.1) is 12.3 Å². The SMILES string of the molecule is C#CC(C)(C)N(C(=O)C(NC)C(=O)c1ccc(Cl)cc1)c1ccccc1. The van der Waals surface area contributed by atoms with E-state index in [4.69, 9.17) is 18.0 Å². The van der Waals surface area contributed by atoms with Gasteiger partial charge in [-0.3, -0.25) is 14.5 Å². The van der Waals surface area contributed by atoms with E-state index in [1.54, 1.807) is 57.3 Å². The first-order valence-corrected chi connectivity index (χ1v) is 8.53. The van der Waals surface area contributed by atoms with Crippen molar-refractivity contribution in [2.24, 2.45) is 0 Å². The van der Waals surface area contributed by atoms with Crippen molar-refractivity contribution >= 4 is 29.0 Å². The molecule has 2 aromatic carbocycles. The Labute approximate surface area is 159 Å². The van der Waals surface area contributed by atoms with Crippen LogP contribution in [-0.2, 0) is 4.79 Å². The molecule has 0 saturated heterocycles. The van der Waals surface area contributed by atoms with Crippen LogP contribution in [0.15, 0.2) is 54.6 Å². The van der Waals surface area contributed by atoms with Gasteiger partial charge in [-0.1, -0.05) is 35.7 Å². The van der Waals surface area contributed by atoms with Crippen LogP contribution >= 0.6 is 11.6 Å². The maximum atomic E-state index is 13.3. The number of hydrogen-bond acceptors (Lipinski definition) is 3. The Morgan fingerprint density at radius 2 is 1.69 bits per heavy atom. The predicted octanol–water partition coefficient (Wildman–Crippen LogP) is 3.56. The number of carbonyl (C=O) groups excluding carboxylic acids is 2. The fourth-order valence-electron chi connectivity index (χ4n) is 2.64. The number of para-hydroxylation sites is 1. The van der Waals surface area contributed by atoms with Gasteiger partial charge in [-0.15, -0.1) is 6.42 Å². The molecule has 0 aliphatic rings. The van der Waals surface area contributed by atoms with E-state index >= 15 is 0 Å². The van der Waals surface area contributed by atoms with Crippen molar-refractivity contribution in [3.63, 3.8) is 0 Å². The van der Waals surface area contributed by atoms with E-state index in [0.717, 1.165) is 0 Å². The minimum Gasteiger partial charge on any atom is -0.302 e. The first-order chi connectivity index (χ1) is 12.3. The quantitative estimate of drug-likeness (QED) is 0.482. The molecule has 5 heteroatoms. The lowest BCUT2D eigenvalue weighted by molar-refractivity contribution is -0.120. The van der Waals surface area contributed by atoms with Crippen molar-refractivity contribution in [2.75, 3.05) is 11.9 Å². The largest absolute Gasteiger partial charge is 0.302 e. The van der Waals surface area contributed by atoms with Gasteiger partial charge < -0.3 is 5.32 Å². The Balaban J connectivity index is 2.44. The molecule has 1 atom stereocenters. The minimum atomic E-state index is -1.07. The van der Waals surface area contributed by atoms with Crippen molar-refractivity contribution in [3.05, 3.63) is 65.2 Å². The van der Waals surface area contributed by atoms with Crippen LogP contribution < -0.4 is 10.2 Å². The van der Waals surface area contributed by atoms with Gasteiger partial charge in [0.2, 0.25) is 0 Å². The molecule has 0 saturated carbocycles. The normalized spacial score (nSPS) is 12.1. The number of nitrogens with zero attached hydrogens (tertiary/aromatic N) is 1. The average molecular weight is 369 g/mol. The highest BCUT2D eigenvalue weighted by Crippen LogP contribution is 2.25. The zero-order valence-corrected chi connectivity index (χ0v) is 15.7. The summed E-state index contributed by atoms with van der Waals surface area (Å²) < 4.78 is 0. The summed E-state index contributed by atoms with van der Waals surface area (Å²) in [5, 5.41) is 3.34. The molecule has 0 heterocycles. The van der Waals surface area contributed by atoms with Crippen molar-refractivity contribution < 1.29 is 9.59 Å². The van der Waals surface area contributed by atoms with Crippen molar-refractivity contribution in [1.29, 1.82) is 0 Å². The summed E-state index contributed by atoms with van der Waals surface area (Å²) in [7, 11) is 1.57. The van der Waals surface area contributed by atoms with Crippen molar-refractivity contribution in [3.8, 4) is 12.3 Å². The molecule has 0 radical (unpaired) electrons. The Morgan fingerprint density at radius 3 is 2.19 bits per heavy atom. The van der Waals surface area contributed by atoms with Gasteiger partial charge in [-0.05, 0) is 57.3 Å². The van der Waals surface area contributed by atoms with E-state index in [0.29, 0.717) is 16.3 Å². The topological polar surface area (TPSA) is 49.4 Å². The fourth-order valence-corrected chi connectivity index (χ4v) is 2.77. The number of ketones is 1. The number of anilines is 1. The van der Waals surface area contributed by atoms with Crippen LogP contribution in [0.4, 0.5) is 5.69 Å². The van der Waals surface area contributed by atoms with Crippen LogP contribution in [0.2, 0.25) is 5.02 Å². The van der Waals surface area contributed by atoms with Gasteiger partial charge in [0, 0.05) is 16.3 Å². The predicted molar refractivity (Wildman–Crippen MR) is 105 cm³/mol. The molecular formula is C21H21ClN2O2. The van der Waals surface area contributed by atoms with Gasteiger partial charge in [0.25, 0.3) is 5.91 Å². The lowest BCUT2D eigenvalue weighted by Gasteiger charge is -2.36. The lowest BCUT2D eigenvalue weighted by Crippen LogP contribution is -2.56. The average Bonchev–Trinajstić information content (AvgIpc) is 2.63. The van der Waals surface area contributed by atoms with Crippen LogP contribution in [0.5, 0.6) is 0 Å². The third kappa shape index (κ3) is 4.13. The molecule has 2 aromatic rings. The standard InChI is InChI=1S/C21H21ClN2O2/c1-5-21(2,3)24(17-9-7-6-8-10-17)20(26)18(23-4)19(25)15-11-13-16(22)14-12-15/h1,6-14,18,23H,2-4H3. The molecule has 0 aromatic heterocycles. The second kappa shape index (κ2) is 8.18. The summed E-state index contributed by atoms with van der Waals surface area (Å²) in [6.45, 7) is 3.52. The lowest BCUT2D eigenvalue weighted by atomic mass is 9.97. The molecule has 0 fully saturated rings. The van der Waals surface area contributed by atoms with Crippen LogP contribution in [0.3, 0.4) is 0 Å². The highest BCUT2D eigenvalue weighted by Gasteiger charge is 2.37. The number of carbonyl (C=O) groups is 2. The van der Waals surface area contributed by atoms with Gasteiger partial charge in [-0.2, -0.15) is 0 Å². The van der Waals surface area contributed by atoms with E-state index in [9.17, 15) is 9.59 Å². The summed E-state index contributed by atoms with van der Waals surface area (Å²) in [6.07, 6.45) is 5.66. The number of benzene rings is 2. The molecule has 2 rings (SSSR count). The molecule has 26 heavy (non-hydrogen) atoms. The first kappa shape index (κ1) is 19.7. The van der Waals surface area contributed by atoms with Crippen LogP contribution in [-0.4, -0.2) is 30.3 Å².